The van der Waals surface area contributed by atoms with E-state index in [4.69, 9.17) is 20.5 Å². The number of benzene rings is 1. The van der Waals surface area contributed by atoms with Crippen LogP contribution >= 0.6 is 22.9 Å². The molecule has 0 bridgehead atoms. The lowest BCUT2D eigenvalue weighted by atomic mass is 10.1. The first-order valence-corrected chi connectivity index (χ1v) is 9.57. The highest BCUT2D eigenvalue weighted by atomic mass is 35.5. The molecule has 0 aliphatic heterocycles. The molecule has 0 atom stereocenters. The predicted octanol–water partition coefficient (Wildman–Crippen LogP) is 5.05. The van der Waals surface area contributed by atoms with E-state index in [2.05, 4.69) is 20.3 Å². The molecule has 3 aromatic heterocycles. The number of hydrogen-bond acceptors (Lipinski definition) is 7. The summed E-state index contributed by atoms with van der Waals surface area (Å²) in [4.78, 5) is 3.28. The molecule has 0 N–H and O–H groups in total. The topological polar surface area (TPSA) is 68.2 Å². The fourth-order valence-electron chi connectivity index (χ4n) is 2.83. The fourth-order valence-corrected chi connectivity index (χ4v) is 3.99. The van der Waals surface area contributed by atoms with Crippen molar-refractivity contribution < 1.29 is 8.94 Å². The normalized spacial score (nSPS) is 11.4. The highest BCUT2D eigenvalue weighted by molar-refractivity contribution is 7.16. The summed E-state index contributed by atoms with van der Waals surface area (Å²) >= 11 is 7.56. The second-order valence-electron chi connectivity index (χ2n) is 6.21. The van der Waals surface area contributed by atoms with Gasteiger partial charge in [0.05, 0.1) is 10.9 Å². The maximum absolute atomic E-state index is 5.99. The van der Waals surface area contributed by atoms with Gasteiger partial charge in [-0.25, -0.2) is 0 Å². The van der Waals surface area contributed by atoms with Crippen molar-refractivity contribution in [3.05, 3.63) is 63.3 Å². The monoisotopic (exact) mass is 400 g/mol. The Morgan fingerprint density at radius 2 is 1.89 bits per heavy atom. The van der Waals surface area contributed by atoms with E-state index in [9.17, 15) is 0 Å². The van der Waals surface area contributed by atoms with Crippen molar-refractivity contribution in [1.29, 1.82) is 0 Å². The number of nitrogens with zero attached hydrogens (tertiary/aromatic N) is 4. The number of aryl methyl sites for hydroxylation is 1. The summed E-state index contributed by atoms with van der Waals surface area (Å²) in [7, 11) is 2.00. The summed E-state index contributed by atoms with van der Waals surface area (Å²) in [5.74, 6) is 1.59. The molecule has 0 saturated heterocycles. The molecule has 0 aliphatic carbocycles. The van der Waals surface area contributed by atoms with Crippen molar-refractivity contribution in [1.82, 2.24) is 20.3 Å². The van der Waals surface area contributed by atoms with Crippen LogP contribution in [0.3, 0.4) is 0 Å². The molecule has 4 rings (SSSR count). The molecule has 8 heteroatoms. The Hall–Kier alpha value is -2.48. The maximum atomic E-state index is 5.99. The number of halogens is 1. The van der Waals surface area contributed by atoms with Crippen LogP contribution in [-0.4, -0.2) is 27.3 Å². The van der Waals surface area contributed by atoms with Gasteiger partial charge in [0, 0.05) is 17.0 Å². The number of thiophene rings is 1. The van der Waals surface area contributed by atoms with Crippen LogP contribution in [0, 0.1) is 6.92 Å². The van der Waals surface area contributed by atoms with Crippen molar-refractivity contribution in [2.75, 3.05) is 7.05 Å². The lowest BCUT2D eigenvalue weighted by Gasteiger charge is -2.12. The number of hydrogen-bond donors (Lipinski definition) is 0. The molecule has 0 spiro atoms. The van der Waals surface area contributed by atoms with Crippen LogP contribution in [0.2, 0.25) is 4.34 Å². The van der Waals surface area contributed by atoms with E-state index >= 15 is 0 Å². The molecule has 3 heterocycles. The standard InChI is InChI=1S/C19H17ClN4O2S/c1-12-17(18(23-26-12)13-6-4-3-5-7-13)19-22-21-16(25-19)11-24(2)10-14-8-9-15(20)27-14/h3-9H,10-11H2,1-2H3. The predicted molar refractivity (Wildman–Crippen MR) is 104 cm³/mol. The first kappa shape index (κ1) is 17.9. The van der Waals surface area contributed by atoms with Gasteiger partial charge in [-0.05, 0) is 26.1 Å². The van der Waals surface area contributed by atoms with Crippen LogP contribution in [-0.2, 0) is 13.1 Å². The van der Waals surface area contributed by atoms with Crippen molar-refractivity contribution in [3.8, 4) is 22.7 Å². The molecule has 1 aromatic carbocycles. The second-order valence-corrected chi connectivity index (χ2v) is 8.01. The molecule has 0 amide bonds. The summed E-state index contributed by atoms with van der Waals surface area (Å²) in [6, 6.07) is 13.7. The minimum absolute atomic E-state index is 0.412. The third-order valence-corrected chi connectivity index (χ3v) is 5.27. The van der Waals surface area contributed by atoms with Gasteiger partial charge in [0.15, 0.2) is 0 Å². The van der Waals surface area contributed by atoms with Crippen LogP contribution in [0.5, 0.6) is 0 Å². The average molecular weight is 401 g/mol. The van der Waals surface area contributed by atoms with E-state index in [0.29, 0.717) is 29.8 Å². The van der Waals surface area contributed by atoms with Crippen LogP contribution in [0.15, 0.2) is 51.4 Å². The highest BCUT2D eigenvalue weighted by Gasteiger charge is 2.22. The Balaban J connectivity index is 1.54. The molecule has 27 heavy (non-hydrogen) atoms. The van der Waals surface area contributed by atoms with Crippen LogP contribution in [0.4, 0.5) is 0 Å². The van der Waals surface area contributed by atoms with Crippen molar-refractivity contribution in [2.24, 2.45) is 0 Å². The van der Waals surface area contributed by atoms with Crippen LogP contribution < -0.4 is 0 Å². The number of aromatic nitrogens is 3. The van der Waals surface area contributed by atoms with Gasteiger partial charge < -0.3 is 8.94 Å². The summed E-state index contributed by atoms with van der Waals surface area (Å²) in [6.45, 7) is 3.13. The Morgan fingerprint density at radius 1 is 1.07 bits per heavy atom. The zero-order valence-corrected chi connectivity index (χ0v) is 16.4. The Morgan fingerprint density at radius 3 is 2.63 bits per heavy atom. The molecule has 6 nitrogen and oxygen atoms in total. The van der Waals surface area contributed by atoms with Crippen LogP contribution in [0.25, 0.3) is 22.7 Å². The maximum Gasteiger partial charge on any atom is 0.253 e. The molecule has 0 unspecified atom stereocenters. The molecular weight excluding hydrogens is 384 g/mol. The van der Waals surface area contributed by atoms with Gasteiger partial charge in [-0.3, -0.25) is 4.90 Å². The summed E-state index contributed by atoms with van der Waals surface area (Å²) in [5.41, 5.74) is 2.37. The zero-order valence-electron chi connectivity index (χ0n) is 14.8. The van der Waals surface area contributed by atoms with Gasteiger partial charge in [0.25, 0.3) is 5.89 Å². The highest BCUT2D eigenvalue weighted by Crippen LogP contribution is 2.33. The summed E-state index contributed by atoms with van der Waals surface area (Å²) < 4.78 is 12.1. The average Bonchev–Trinajstić information content (AvgIpc) is 3.36. The minimum atomic E-state index is 0.412. The van der Waals surface area contributed by atoms with Crippen molar-refractivity contribution in [2.45, 2.75) is 20.0 Å². The first-order valence-electron chi connectivity index (χ1n) is 8.37. The summed E-state index contributed by atoms with van der Waals surface area (Å²) in [5, 5.41) is 12.6. The van der Waals surface area contributed by atoms with E-state index in [1.807, 2.05) is 56.4 Å². The molecular formula is C19H17ClN4O2S. The van der Waals surface area contributed by atoms with E-state index in [0.717, 1.165) is 22.0 Å². The van der Waals surface area contributed by atoms with Crippen molar-refractivity contribution >= 4 is 22.9 Å². The van der Waals surface area contributed by atoms with Crippen molar-refractivity contribution in [3.63, 3.8) is 0 Å². The molecule has 0 saturated carbocycles. The van der Waals surface area contributed by atoms with Gasteiger partial charge in [-0.1, -0.05) is 47.1 Å². The fraction of sp³-hybridized carbons (Fsp3) is 0.211. The van der Waals surface area contributed by atoms with Gasteiger partial charge in [-0.2, -0.15) is 0 Å². The Kier molecular flexibility index (Phi) is 5.07. The van der Waals surface area contributed by atoms with Gasteiger partial charge in [0.2, 0.25) is 5.89 Å². The second kappa shape index (κ2) is 7.64. The lowest BCUT2D eigenvalue weighted by molar-refractivity contribution is 0.285. The minimum Gasteiger partial charge on any atom is -0.419 e. The smallest absolute Gasteiger partial charge is 0.253 e. The lowest BCUT2D eigenvalue weighted by Crippen LogP contribution is -2.16. The Labute approximate surface area is 165 Å². The molecule has 0 aliphatic rings. The van der Waals surface area contributed by atoms with E-state index < -0.39 is 0 Å². The molecule has 138 valence electrons. The zero-order chi connectivity index (χ0) is 18.8. The molecule has 4 aromatic rings. The first-order chi connectivity index (χ1) is 13.1. The van der Waals surface area contributed by atoms with E-state index in [1.54, 1.807) is 11.3 Å². The van der Waals surface area contributed by atoms with Crippen LogP contribution in [0.1, 0.15) is 16.5 Å². The Bertz CT molecular complexity index is 1040. The third kappa shape index (κ3) is 3.95. The van der Waals surface area contributed by atoms with Gasteiger partial charge in [0.1, 0.15) is 17.0 Å². The molecule has 0 fully saturated rings. The largest absolute Gasteiger partial charge is 0.419 e. The van der Waals surface area contributed by atoms with E-state index in [-0.39, 0.29) is 0 Å². The van der Waals surface area contributed by atoms with Gasteiger partial charge in [-0.15, -0.1) is 21.5 Å². The van der Waals surface area contributed by atoms with E-state index in [1.165, 1.54) is 4.88 Å². The third-order valence-electron chi connectivity index (χ3n) is 4.05. The number of rotatable bonds is 6. The quantitative estimate of drug-likeness (QED) is 0.451. The SMILES string of the molecule is Cc1onc(-c2ccccc2)c1-c1nnc(CN(C)Cc2ccc(Cl)s2)o1. The molecule has 0 radical (unpaired) electrons. The summed E-state index contributed by atoms with van der Waals surface area (Å²) in [6.07, 6.45) is 0. The van der Waals surface area contributed by atoms with Gasteiger partial charge >= 0.3 is 0 Å².